The van der Waals surface area contributed by atoms with E-state index in [0.717, 1.165) is 15.5 Å². The number of carbonyl (C=O) groups is 1. The van der Waals surface area contributed by atoms with Gasteiger partial charge in [-0.25, -0.2) is 0 Å². The van der Waals surface area contributed by atoms with Gasteiger partial charge >= 0.3 is 0 Å². The predicted octanol–water partition coefficient (Wildman–Crippen LogP) is 3.55. The van der Waals surface area contributed by atoms with Gasteiger partial charge in [0, 0.05) is 14.8 Å². The number of hydrogen-bond donors (Lipinski definition) is 0. The van der Waals surface area contributed by atoms with Crippen LogP contribution in [0.25, 0.3) is 5.69 Å². The monoisotopic (exact) mass is 331 g/mol. The average molecular weight is 332 g/mol. The molecule has 0 fully saturated rings. The molecule has 0 N–H and O–H groups in total. The Morgan fingerprint density at radius 2 is 2.13 bits per heavy atom. The number of hydrogen-bond acceptors (Lipinski definition) is 1. The Morgan fingerprint density at radius 3 is 2.80 bits per heavy atom. The van der Waals surface area contributed by atoms with Gasteiger partial charge < -0.3 is 4.57 Å². The molecule has 76 valence electrons. The first-order chi connectivity index (χ1) is 7.22. The molecule has 1 aromatic carbocycles. The van der Waals surface area contributed by atoms with Crippen LogP contribution in [-0.2, 0) is 0 Å². The molecule has 0 aliphatic rings. The molecule has 0 saturated heterocycles. The Bertz CT molecular complexity index is 507. The van der Waals surface area contributed by atoms with Gasteiger partial charge in [-0.1, -0.05) is 11.6 Å². The highest BCUT2D eigenvalue weighted by molar-refractivity contribution is 14.1. The highest BCUT2D eigenvalue weighted by atomic mass is 127. The topological polar surface area (TPSA) is 22.0 Å². The SMILES string of the molecule is O=Cc1cccn1-c1ccc(Cl)cc1I. The molecule has 1 heterocycles. The van der Waals surface area contributed by atoms with Crippen LogP contribution in [0, 0.1) is 3.57 Å². The summed E-state index contributed by atoms with van der Waals surface area (Å²) in [6, 6.07) is 9.20. The van der Waals surface area contributed by atoms with Crippen molar-refractivity contribution in [1.29, 1.82) is 0 Å². The van der Waals surface area contributed by atoms with Crippen molar-refractivity contribution in [1.82, 2.24) is 4.57 Å². The molecular weight excluding hydrogens is 324 g/mol. The molecule has 15 heavy (non-hydrogen) atoms. The first kappa shape index (κ1) is 10.7. The third-order valence-electron chi connectivity index (χ3n) is 2.07. The molecule has 0 aliphatic carbocycles. The normalized spacial score (nSPS) is 10.3. The second kappa shape index (κ2) is 4.37. The standard InChI is InChI=1S/C11H7ClINO/c12-8-3-4-11(10(13)6-8)14-5-1-2-9(14)7-15/h1-7H. The smallest absolute Gasteiger partial charge is 0.166 e. The van der Waals surface area contributed by atoms with Crippen molar-refractivity contribution in [3.8, 4) is 5.69 Å². The summed E-state index contributed by atoms with van der Waals surface area (Å²) in [5.41, 5.74) is 1.60. The maximum Gasteiger partial charge on any atom is 0.166 e. The molecule has 0 atom stereocenters. The van der Waals surface area contributed by atoms with E-state index in [4.69, 9.17) is 11.6 Å². The van der Waals surface area contributed by atoms with Gasteiger partial charge in [0.05, 0.1) is 11.4 Å². The first-order valence-corrected chi connectivity index (χ1v) is 5.76. The number of rotatable bonds is 2. The second-order valence-corrected chi connectivity index (χ2v) is 4.62. The van der Waals surface area contributed by atoms with E-state index in [1.165, 1.54) is 0 Å². The van der Waals surface area contributed by atoms with E-state index in [9.17, 15) is 4.79 Å². The summed E-state index contributed by atoms with van der Waals surface area (Å²) in [6.07, 6.45) is 2.69. The van der Waals surface area contributed by atoms with E-state index >= 15 is 0 Å². The van der Waals surface area contributed by atoms with Crippen molar-refractivity contribution in [2.24, 2.45) is 0 Å². The van der Waals surface area contributed by atoms with Crippen LogP contribution in [0.2, 0.25) is 5.02 Å². The fourth-order valence-electron chi connectivity index (χ4n) is 1.39. The van der Waals surface area contributed by atoms with Gasteiger partial charge in [0.2, 0.25) is 0 Å². The predicted molar refractivity (Wildman–Crippen MR) is 68.9 cm³/mol. The highest BCUT2D eigenvalue weighted by Crippen LogP contribution is 2.22. The molecule has 2 nitrogen and oxygen atoms in total. The molecule has 2 rings (SSSR count). The summed E-state index contributed by atoms with van der Waals surface area (Å²) in [4.78, 5) is 10.8. The van der Waals surface area contributed by atoms with Crippen molar-refractivity contribution in [2.75, 3.05) is 0 Å². The minimum absolute atomic E-state index is 0.634. The van der Waals surface area contributed by atoms with E-state index in [1.807, 2.05) is 35.0 Å². The van der Waals surface area contributed by atoms with Crippen molar-refractivity contribution in [3.05, 3.63) is 50.8 Å². The molecule has 4 heteroatoms. The van der Waals surface area contributed by atoms with Crippen molar-refractivity contribution in [2.45, 2.75) is 0 Å². The Labute approximate surface area is 106 Å². The number of aromatic nitrogens is 1. The number of nitrogens with zero attached hydrogens (tertiary/aromatic N) is 1. The number of carbonyl (C=O) groups excluding carboxylic acids is 1. The summed E-state index contributed by atoms with van der Waals surface area (Å²) in [5, 5.41) is 0.697. The van der Waals surface area contributed by atoms with E-state index in [2.05, 4.69) is 22.6 Å². The van der Waals surface area contributed by atoms with E-state index in [1.54, 1.807) is 6.07 Å². The Kier molecular flexibility index (Phi) is 3.11. The minimum Gasteiger partial charge on any atom is -0.313 e. The molecule has 1 aromatic heterocycles. The zero-order valence-electron chi connectivity index (χ0n) is 7.65. The maximum absolute atomic E-state index is 10.8. The van der Waals surface area contributed by atoms with Gasteiger partial charge in [-0.05, 0) is 52.9 Å². The molecular formula is C11H7ClINO. The lowest BCUT2D eigenvalue weighted by atomic mass is 10.3. The lowest BCUT2D eigenvalue weighted by molar-refractivity contribution is 0.111. The van der Waals surface area contributed by atoms with E-state index < -0.39 is 0 Å². The molecule has 0 bridgehead atoms. The van der Waals surface area contributed by atoms with Gasteiger partial charge in [-0.2, -0.15) is 0 Å². The lowest BCUT2D eigenvalue weighted by Gasteiger charge is -2.08. The van der Waals surface area contributed by atoms with Crippen LogP contribution < -0.4 is 0 Å². The highest BCUT2D eigenvalue weighted by Gasteiger charge is 2.05. The van der Waals surface area contributed by atoms with Crippen LogP contribution in [0.1, 0.15) is 10.5 Å². The number of aldehydes is 1. The Hall–Kier alpha value is -0.810. The zero-order chi connectivity index (χ0) is 10.8. The van der Waals surface area contributed by atoms with Crippen molar-refractivity contribution < 1.29 is 4.79 Å². The van der Waals surface area contributed by atoms with Crippen LogP contribution in [0.4, 0.5) is 0 Å². The second-order valence-electron chi connectivity index (χ2n) is 3.02. The fourth-order valence-corrected chi connectivity index (χ4v) is 2.52. The van der Waals surface area contributed by atoms with Crippen LogP contribution in [-0.4, -0.2) is 10.9 Å². The zero-order valence-corrected chi connectivity index (χ0v) is 10.6. The summed E-state index contributed by atoms with van der Waals surface area (Å²) < 4.78 is 2.85. The van der Waals surface area contributed by atoms with Gasteiger partial charge in [0.15, 0.2) is 6.29 Å². The number of benzene rings is 1. The molecule has 0 saturated carbocycles. The average Bonchev–Trinajstić information content (AvgIpc) is 2.65. The Balaban J connectivity index is 2.59. The molecule has 2 aromatic rings. The third-order valence-corrected chi connectivity index (χ3v) is 3.17. The van der Waals surface area contributed by atoms with Crippen LogP contribution >= 0.6 is 34.2 Å². The van der Waals surface area contributed by atoms with Crippen molar-refractivity contribution >= 4 is 40.5 Å². The number of halogens is 2. The molecule has 0 unspecified atom stereocenters. The quantitative estimate of drug-likeness (QED) is 0.609. The van der Waals surface area contributed by atoms with E-state index in [0.29, 0.717) is 10.7 Å². The van der Waals surface area contributed by atoms with Crippen molar-refractivity contribution in [3.63, 3.8) is 0 Å². The summed E-state index contributed by atoms with van der Waals surface area (Å²) in [6.45, 7) is 0. The van der Waals surface area contributed by atoms with Gasteiger partial charge in [0.25, 0.3) is 0 Å². The summed E-state index contributed by atoms with van der Waals surface area (Å²) in [7, 11) is 0. The van der Waals surface area contributed by atoms with E-state index in [-0.39, 0.29) is 0 Å². The summed E-state index contributed by atoms with van der Waals surface area (Å²) >= 11 is 8.07. The Morgan fingerprint density at radius 1 is 1.33 bits per heavy atom. The molecule has 0 amide bonds. The summed E-state index contributed by atoms with van der Waals surface area (Å²) in [5.74, 6) is 0. The van der Waals surface area contributed by atoms with Crippen LogP contribution in [0.3, 0.4) is 0 Å². The third kappa shape index (κ3) is 2.08. The lowest BCUT2D eigenvalue weighted by Crippen LogP contribution is -1.99. The van der Waals surface area contributed by atoms with Crippen LogP contribution in [0.5, 0.6) is 0 Å². The van der Waals surface area contributed by atoms with Gasteiger partial charge in [-0.3, -0.25) is 4.79 Å². The minimum atomic E-state index is 0.634. The molecule has 0 aliphatic heterocycles. The maximum atomic E-state index is 10.8. The molecule has 0 radical (unpaired) electrons. The first-order valence-electron chi connectivity index (χ1n) is 4.30. The van der Waals surface area contributed by atoms with Gasteiger partial charge in [0.1, 0.15) is 0 Å². The fraction of sp³-hybridized carbons (Fsp3) is 0. The van der Waals surface area contributed by atoms with Gasteiger partial charge in [-0.15, -0.1) is 0 Å². The largest absolute Gasteiger partial charge is 0.313 e. The van der Waals surface area contributed by atoms with Crippen LogP contribution in [0.15, 0.2) is 36.5 Å². The molecule has 0 spiro atoms.